The van der Waals surface area contributed by atoms with Crippen LogP contribution in [0.25, 0.3) is 0 Å². The van der Waals surface area contributed by atoms with Crippen LogP contribution in [-0.4, -0.2) is 29.9 Å². The van der Waals surface area contributed by atoms with E-state index in [0.29, 0.717) is 0 Å². The first-order chi connectivity index (χ1) is 9.21. The van der Waals surface area contributed by atoms with Gasteiger partial charge in [0, 0.05) is 20.0 Å². The molecule has 0 saturated heterocycles. The van der Waals surface area contributed by atoms with Crippen LogP contribution in [0.2, 0.25) is 0 Å². The molecule has 2 N–H and O–H groups in total. The third kappa shape index (κ3) is 4.52. The molecule has 1 aromatic rings. The van der Waals surface area contributed by atoms with E-state index in [1.54, 1.807) is 0 Å². The maximum atomic E-state index is 12.4. The van der Waals surface area contributed by atoms with Crippen LogP contribution in [0.1, 0.15) is 28.7 Å². The summed E-state index contributed by atoms with van der Waals surface area (Å²) in [5.74, 6) is -0.763. The van der Waals surface area contributed by atoms with Crippen LogP contribution in [-0.2, 0) is 11.0 Å². The smallest absolute Gasteiger partial charge is 0.355 e. The summed E-state index contributed by atoms with van der Waals surface area (Å²) in [4.78, 5) is 25.7. The van der Waals surface area contributed by atoms with E-state index < -0.39 is 17.8 Å². The van der Waals surface area contributed by atoms with Crippen molar-refractivity contribution in [3.05, 3.63) is 29.1 Å². The molecule has 0 aliphatic carbocycles. The second-order valence-corrected chi connectivity index (χ2v) is 4.07. The van der Waals surface area contributed by atoms with Gasteiger partial charge in [-0.3, -0.25) is 9.59 Å². The lowest BCUT2D eigenvalue weighted by molar-refractivity contribution is -0.141. The Hall–Kier alpha value is -2.12. The molecule has 110 valence electrons. The quantitative estimate of drug-likeness (QED) is 0.820. The Kier molecular flexibility index (Phi) is 5.06. The summed E-state index contributed by atoms with van der Waals surface area (Å²) in [7, 11) is 0. The van der Waals surface area contributed by atoms with Crippen molar-refractivity contribution in [2.24, 2.45) is 0 Å². The summed E-state index contributed by atoms with van der Waals surface area (Å²) in [5, 5.41) is 4.96. The van der Waals surface area contributed by atoms with Crippen LogP contribution in [0.15, 0.2) is 12.1 Å². The van der Waals surface area contributed by atoms with E-state index in [4.69, 9.17) is 0 Å². The number of rotatable bonds is 4. The number of aryl methyl sites for hydroxylation is 1. The van der Waals surface area contributed by atoms with Crippen LogP contribution >= 0.6 is 0 Å². The number of hydrogen-bond acceptors (Lipinski definition) is 3. The van der Waals surface area contributed by atoms with Gasteiger partial charge in [-0.1, -0.05) is 0 Å². The molecule has 5 nitrogen and oxygen atoms in total. The van der Waals surface area contributed by atoms with E-state index in [1.165, 1.54) is 13.8 Å². The van der Waals surface area contributed by atoms with Crippen molar-refractivity contribution in [3.8, 4) is 0 Å². The van der Waals surface area contributed by atoms with Gasteiger partial charge < -0.3 is 10.6 Å². The number of carbonyl (C=O) groups is 2. The minimum absolute atomic E-state index is 0.00291. The van der Waals surface area contributed by atoms with Crippen molar-refractivity contribution in [2.45, 2.75) is 20.0 Å². The predicted molar refractivity (Wildman–Crippen MR) is 65.0 cm³/mol. The highest BCUT2D eigenvalue weighted by Crippen LogP contribution is 2.28. The lowest BCUT2D eigenvalue weighted by Gasteiger charge is -2.10. The second-order valence-electron chi connectivity index (χ2n) is 4.07. The summed E-state index contributed by atoms with van der Waals surface area (Å²) < 4.78 is 37.3. The average molecular weight is 289 g/mol. The maximum absolute atomic E-state index is 12.4. The van der Waals surface area contributed by atoms with E-state index in [0.717, 1.165) is 12.1 Å². The standard InChI is InChI=1S/C12H14F3N3O2/c1-7-9(3-4-10(18-7)12(13,14)15)11(20)17-6-5-16-8(2)19/h3-4H,5-6H2,1-2H3,(H,16,19)(H,17,20). The van der Waals surface area contributed by atoms with Crippen LogP contribution < -0.4 is 10.6 Å². The summed E-state index contributed by atoms with van der Waals surface area (Å²) in [6, 6.07) is 1.84. The van der Waals surface area contributed by atoms with Gasteiger partial charge in [0.1, 0.15) is 5.69 Å². The van der Waals surface area contributed by atoms with E-state index >= 15 is 0 Å². The van der Waals surface area contributed by atoms with Crippen LogP contribution in [0.5, 0.6) is 0 Å². The molecule has 0 aliphatic heterocycles. The van der Waals surface area contributed by atoms with Gasteiger partial charge in [0.25, 0.3) is 5.91 Å². The fraction of sp³-hybridized carbons (Fsp3) is 0.417. The number of aromatic nitrogens is 1. The number of nitrogens with zero attached hydrogens (tertiary/aromatic N) is 1. The van der Waals surface area contributed by atoms with Gasteiger partial charge in [0.15, 0.2) is 0 Å². The van der Waals surface area contributed by atoms with Crippen molar-refractivity contribution < 1.29 is 22.8 Å². The summed E-state index contributed by atoms with van der Waals surface area (Å²) in [5.41, 5.74) is -0.970. The Morgan fingerprint density at radius 3 is 2.30 bits per heavy atom. The first-order valence-corrected chi connectivity index (χ1v) is 5.79. The molecule has 0 aliphatic rings. The Balaban J connectivity index is 2.67. The first kappa shape index (κ1) is 15.9. The van der Waals surface area contributed by atoms with Gasteiger partial charge in [0.2, 0.25) is 5.91 Å². The molecule has 0 bridgehead atoms. The number of amides is 2. The monoisotopic (exact) mass is 289 g/mol. The van der Waals surface area contributed by atoms with Crippen molar-refractivity contribution in [3.63, 3.8) is 0 Å². The molecule has 0 saturated carbocycles. The lowest BCUT2D eigenvalue weighted by atomic mass is 10.1. The van der Waals surface area contributed by atoms with Crippen LogP contribution in [0.4, 0.5) is 13.2 Å². The van der Waals surface area contributed by atoms with Crippen molar-refractivity contribution in [2.75, 3.05) is 13.1 Å². The average Bonchev–Trinajstić information content (AvgIpc) is 2.32. The summed E-state index contributed by atoms with van der Waals surface area (Å²) in [6.07, 6.45) is -4.54. The van der Waals surface area contributed by atoms with E-state index in [-0.39, 0.29) is 30.3 Å². The maximum Gasteiger partial charge on any atom is 0.433 e. The number of halogens is 3. The zero-order valence-electron chi connectivity index (χ0n) is 11.0. The molecule has 0 atom stereocenters. The zero-order valence-corrected chi connectivity index (χ0v) is 11.0. The van der Waals surface area contributed by atoms with Gasteiger partial charge in [-0.25, -0.2) is 4.98 Å². The molecule has 0 spiro atoms. The van der Waals surface area contributed by atoms with Gasteiger partial charge in [-0.05, 0) is 19.1 Å². The molecule has 2 amide bonds. The molecule has 0 fully saturated rings. The Morgan fingerprint density at radius 1 is 1.20 bits per heavy atom. The van der Waals surface area contributed by atoms with E-state index in [9.17, 15) is 22.8 Å². The van der Waals surface area contributed by atoms with Crippen LogP contribution in [0.3, 0.4) is 0 Å². The Bertz CT molecular complexity index is 515. The van der Waals surface area contributed by atoms with E-state index in [1.807, 2.05) is 0 Å². The minimum atomic E-state index is -4.54. The normalized spacial score (nSPS) is 11.1. The van der Waals surface area contributed by atoms with Crippen molar-refractivity contribution in [1.82, 2.24) is 15.6 Å². The highest BCUT2D eigenvalue weighted by atomic mass is 19.4. The van der Waals surface area contributed by atoms with Crippen molar-refractivity contribution >= 4 is 11.8 Å². The topological polar surface area (TPSA) is 71.1 Å². The molecule has 0 unspecified atom stereocenters. The lowest BCUT2D eigenvalue weighted by Crippen LogP contribution is -2.34. The SMILES string of the molecule is CC(=O)NCCNC(=O)c1ccc(C(F)(F)F)nc1C. The molecule has 0 aromatic carbocycles. The zero-order chi connectivity index (χ0) is 15.3. The number of alkyl halides is 3. The van der Waals surface area contributed by atoms with Gasteiger partial charge in [-0.15, -0.1) is 0 Å². The van der Waals surface area contributed by atoms with E-state index in [2.05, 4.69) is 15.6 Å². The highest BCUT2D eigenvalue weighted by Gasteiger charge is 2.32. The number of carbonyl (C=O) groups excluding carboxylic acids is 2. The van der Waals surface area contributed by atoms with Gasteiger partial charge >= 0.3 is 6.18 Å². The highest BCUT2D eigenvalue weighted by molar-refractivity contribution is 5.95. The molecule has 1 rings (SSSR count). The van der Waals surface area contributed by atoms with Gasteiger partial charge in [-0.2, -0.15) is 13.2 Å². The summed E-state index contributed by atoms with van der Waals surface area (Å²) >= 11 is 0. The molecule has 1 aromatic heterocycles. The van der Waals surface area contributed by atoms with Crippen LogP contribution in [0, 0.1) is 6.92 Å². The molecular weight excluding hydrogens is 275 g/mol. The summed E-state index contributed by atoms with van der Waals surface area (Å²) in [6.45, 7) is 3.09. The van der Waals surface area contributed by atoms with Crippen molar-refractivity contribution in [1.29, 1.82) is 0 Å². The number of hydrogen-bond donors (Lipinski definition) is 2. The first-order valence-electron chi connectivity index (χ1n) is 5.79. The third-order valence-corrected chi connectivity index (χ3v) is 2.41. The molecular formula is C12H14F3N3O2. The molecule has 20 heavy (non-hydrogen) atoms. The molecule has 8 heteroatoms. The van der Waals surface area contributed by atoms with Gasteiger partial charge in [0.05, 0.1) is 11.3 Å². The third-order valence-electron chi connectivity index (χ3n) is 2.41. The Labute approximate surface area is 113 Å². The predicted octanol–water partition coefficient (Wildman–Crippen LogP) is 1.27. The second kappa shape index (κ2) is 6.36. The number of nitrogens with one attached hydrogen (secondary N) is 2. The molecule has 1 heterocycles. The molecule has 0 radical (unpaired) electrons. The number of pyridine rings is 1. The fourth-order valence-corrected chi connectivity index (χ4v) is 1.47. The minimum Gasteiger partial charge on any atom is -0.355 e. The largest absolute Gasteiger partial charge is 0.433 e. The fourth-order valence-electron chi connectivity index (χ4n) is 1.47. The Morgan fingerprint density at radius 2 is 1.80 bits per heavy atom.